The van der Waals surface area contributed by atoms with Crippen molar-refractivity contribution < 1.29 is 18.7 Å². The number of carbonyl (C=O) groups is 1. The summed E-state index contributed by atoms with van der Waals surface area (Å²) in [6.45, 7) is 2.24. The van der Waals surface area contributed by atoms with Crippen LogP contribution in [0.3, 0.4) is 0 Å². The number of aryl methyl sites for hydroxylation is 1. The monoisotopic (exact) mass is 281 g/mol. The van der Waals surface area contributed by atoms with E-state index in [1.807, 2.05) is 6.92 Å². The normalized spacial score (nSPS) is 10.9. The van der Waals surface area contributed by atoms with Gasteiger partial charge in [-0.15, -0.1) is 0 Å². The SMILES string of the molecule is CCCCn1c(C(=O)O)cc(=O)c2cc(F)c(F)cc21. The smallest absolute Gasteiger partial charge is 0.352 e. The zero-order valence-electron chi connectivity index (χ0n) is 10.8. The van der Waals surface area contributed by atoms with Crippen molar-refractivity contribution in [1.29, 1.82) is 0 Å². The second-order valence-corrected chi connectivity index (χ2v) is 4.49. The number of carboxylic acids is 1. The van der Waals surface area contributed by atoms with E-state index in [2.05, 4.69) is 0 Å². The molecule has 0 saturated heterocycles. The van der Waals surface area contributed by atoms with Gasteiger partial charge in [-0.05, 0) is 12.5 Å². The summed E-state index contributed by atoms with van der Waals surface area (Å²) in [6.07, 6.45) is 1.47. The summed E-state index contributed by atoms with van der Waals surface area (Å²) in [5.41, 5.74) is -0.756. The third-order valence-electron chi connectivity index (χ3n) is 3.11. The standard InChI is InChI=1S/C14H13F2NO3/c1-2-3-4-17-11-6-10(16)9(15)5-8(11)13(18)7-12(17)14(19)20/h5-7H,2-4H2,1H3,(H,19,20). The molecule has 1 aromatic heterocycles. The van der Waals surface area contributed by atoms with Crippen LogP contribution >= 0.6 is 0 Å². The summed E-state index contributed by atoms with van der Waals surface area (Å²) in [5.74, 6) is -3.51. The number of hydrogen-bond donors (Lipinski definition) is 1. The van der Waals surface area contributed by atoms with Crippen LogP contribution in [-0.4, -0.2) is 15.6 Å². The molecule has 1 N–H and O–H groups in total. The number of halogens is 2. The molecule has 0 spiro atoms. The maximum atomic E-state index is 13.4. The van der Waals surface area contributed by atoms with E-state index in [-0.39, 0.29) is 16.6 Å². The zero-order valence-corrected chi connectivity index (χ0v) is 10.8. The van der Waals surface area contributed by atoms with Gasteiger partial charge in [0.05, 0.1) is 5.52 Å². The van der Waals surface area contributed by atoms with Gasteiger partial charge in [0.25, 0.3) is 0 Å². The van der Waals surface area contributed by atoms with Gasteiger partial charge in [0.1, 0.15) is 5.69 Å². The minimum absolute atomic E-state index is 0.0231. The number of fused-ring (bicyclic) bond motifs is 1. The summed E-state index contributed by atoms with van der Waals surface area (Å²) in [7, 11) is 0. The lowest BCUT2D eigenvalue weighted by Gasteiger charge is -2.14. The maximum Gasteiger partial charge on any atom is 0.352 e. The first-order valence-corrected chi connectivity index (χ1v) is 6.21. The largest absolute Gasteiger partial charge is 0.477 e. The molecule has 0 aliphatic rings. The number of rotatable bonds is 4. The number of pyridine rings is 1. The molecule has 0 fully saturated rings. The minimum atomic E-state index is -1.27. The number of hydrogen-bond acceptors (Lipinski definition) is 2. The molecule has 20 heavy (non-hydrogen) atoms. The maximum absolute atomic E-state index is 13.4. The lowest BCUT2D eigenvalue weighted by atomic mass is 10.1. The van der Waals surface area contributed by atoms with E-state index in [9.17, 15) is 18.4 Å². The first-order valence-electron chi connectivity index (χ1n) is 6.21. The minimum Gasteiger partial charge on any atom is -0.477 e. The Labute approximate surface area is 113 Å². The molecule has 4 nitrogen and oxygen atoms in total. The van der Waals surface area contributed by atoms with Gasteiger partial charge in [0.2, 0.25) is 0 Å². The fraction of sp³-hybridized carbons (Fsp3) is 0.286. The fourth-order valence-corrected chi connectivity index (χ4v) is 2.10. The van der Waals surface area contributed by atoms with E-state index in [1.165, 1.54) is 4.57 Å². The third-order valence-corrected chi connectivity index (χ3v) is 3.11. The van der Waals surface area contributed by atoms with Crippen molar-refractivity contribution in [3.05, 3.63) is 45.8 Å². The van der Waals surface area contributed by atoms with Crippen molar-refractivity contribution in [2.75, 3.05) is 0 Å². The Balaban J connectivity index is 2.84. The molecule has 0 aliphatic carbocycles. The molecule has 1 heterocycles. The molecule has 0 radical (unpaired) electrons. The number of aromatic carboxylic acids is 1. The van der Waals surface area contributed by atoms with Crippen LogP contribution in [0.1, 0.15) is 30.3 Å². The summed E-state index contributed by atoms with van der Waals surface area (Å²) in [4.78, 5) is 23.0. The molecule has 0 atom stereocenters. The van der Waals surface area contributed by atoms with E-state index < -0.39 is 23.0 Å². The van der Waals surface area contributed by atoms with Crippen molar-refractivity contribution >= 4 is 16.9 Å². The average molecular weight is 281 g/mol. The lowest BCUT2D eigenvalue weighted by Crippen LogP contribution is -2.18. The number of aromatic nitrogens is 1. The van der Waals surface area contributed by atoms with Crippen LogP contribution < -0.4 is 5.43 Å². The van der Waals surface area contributed by atoms with Crippen LogP contribution in [0.25, 0.3) is 10.9 Å². The quantitative estimate of drug-likeness (QED) is 0.937. The van der Waals surface area contributed by atoms with Gasteiger partial charge in [0.15, 0.2) is 17.1 Å². The Morgan fingerprint density at radius 1 is 1.25 bits per heavy atom. The van der Waals surface area contributed by atoms with Gasteiger partial charge in [-0.25, -0.2) is 13.6 Å². The molecule has 106 valence electrons. The number of unbranched alkanes of at least 4 members (excludes halogenated alkanes) is 1. The van der Waals surface area contributed by atoms with Gasteiger partial charge < -0.3 is 9.67 Å². The van der Waals surface area contributed by atoms with E-state index in [4.69, 9.17) is 5.11 Å². The summed E-state index contributed by atoms with van der Waals surface area (Å²) in [5, 5.41) is 9.12. The average Bonchev–Trinajstić information content (AvgIpc) is 2.39. The first kappa shape index (κ1) is 14.2. The molecule has 0 amide bonds. The molecule has 0 unspecified atom stereocenters. The molecule has 2 aromatic rings. The van der Waals surface area contributed by atoms with Crippen molar-refractivity contribution in [3.8, 4) is 0 Å². The van der Waals surface area contributed by atoms with Crippen molar-refractivity contribution in [1.82, 2.24) is 4.57 Å². The first-order chi connectivity index (χ1) is 9.45. The van der Waals surface area contributed by atoms with Gasteiger partial charge in [-0.3, -0.25) is 4.79 Å². The highest BCUT2D eigenvalue weighted by Gasteiger charge is 2.16. The van der Waals surface area contributed by atoms with Gasteiger partial charge in [-0.1, -0.05) is 13.3 Å². The Morgan fingerprint density at radius 2 is 1.90 bits per heavy atom. The van der Waals surface area contributed by atoms with Crippen molar-refractivity contribution in [2.45, 2.75) is 26.3 Å². The van der Waals surface area contributed by atoms with Crippen LogP contribution in [0.5, 0.6) is 0 Å². The summed E-state index contributed by atoms with van der Waals surface area (Å²) in [6, 6.07) is 2.62. The molecule has 2 rings (SSSR count). The molecule has 1 aromatic carbocycles. The highest BCUT2D eigenvalue weighted by Crippen LogP contribution is 2.18. The predicted octanol–water partition coefficient (Wildman–Crippen LogP) is 2.78. The number of benzene rings is 1. The Kier molecular flexibility index (Phi) is 3.83. The zero-order chi connectivity index (χ0) is 14.9. The van der Waals surface area contributed by atoms with Gasteiger partial charge in [-0.2, -0.15) is 0 Å². The topological polar surface area (TPSA) is 59.3 Å². The second kappa shape index (κ2) is 5.40. The third kappa shape index (κ3) is 2.41. The van der Waals surface area contributed by atoms with Gasteiger partial charge >= 0.3 is 5.97 Å². The highest BCUT2D eigenvalue weighted by molar-refractivity contribution is 5.90. The Hall–Kier alpha value is -2.24. The van der Waals surface area contributed by atoms with E-state index in [1.54, 1.807) is 0 Å². The summed E-state index contributed by atoms with van der Waals surface area (Å²) < 4.78 is 27.9. The highest BCUT2D eigenvalue weighted by atomic mass is 19.2. The number of nitrogens with zero attached hydrogens (tertiary/aromatic N) is 1. The van der Waals surface area contributed by atoms with Crippen LogP contribution in [0, 0.1) is 11.6 Å². The molecular weight excluding hydrogens is 268 g/mol. The molecule has 0 bridgehead atoms. The van der Waals surface area contributed by atoms with Crippen LogP contribution in [-0.2, 0) is 6.54 Å². The molecular formula is C14H13F2NO3. The van der Waals surface area contributed by atoms with E-state index in [0.717, 1.165) is 24.6 Å². The second-order valence-electron chi connectivity index (χ2n) is 4.49. The summed E-state index contributed by atoms with van der Waals surface area (Å²) >= 11 is 0. The van der Waals surface area contributed by atoms with Crippen LogP contribution in [0.2, 0.25) is 0 Å². The molecule has 6 heteroatoms. The predicted molar refractivity (Wildman–Crippen MR) is 70.0 cm³/mol. The van der Waals surface area contributed by atoms with Crippen molar-refractivity contribution in [3.63, 3.8) is 0 Å². The molecule has 0 aliphatic heterocycles. The van der Waals surface area contributed by atoms with E-state index >= 15 is 0 Å². The van der Waals surface area contributed by atoms with Gasteiger partial charge in [0, 0.05) is 24.1 Å². The number of carboxylic acid groups (broad SMARTS) is 1. The van der Waals surface area contributed by atoms with Crippen molar-refractivity contribution in [2.24, 2.45) is 0 Å². The molecule has 0 saturated carbocycles. The van der Waals surface area contributed by atoms with E-state index in [0.29, 0.717) is 13.0 Å². The Morgan fingerprint density at radius 3 is 2.50 bits per heavy atom. The van der Waals surface area contributed by atoms with Crippen LogP contribution in [0.4, 0.5) is 8.78 Å². The fourth-order valence-electron chi connectivity index (χ4n) is 2.10. The lowest BCUT2D eigenvalue weighted by molar-refractivity contribution is 0.0684. The Bertz CT molecular complexity index is 737. The van der Waals surface area contributed by atoms with Crippen LogP contribution in [0.15, 0.2) is 23.0 Å².